The van der Waals surface area contributed by atoms with Crippen LogP contribution in [0.2, 0.25) is 0 Å². The molecule has 1 saturated heterocycles. The Balaban J connectivity index is 1.38. The van der Waals surface area contributed by atoms with Gasteiger partial charge in [0.15, 0.2) is 5.96 Å². The predicted octanol–water partition coefficient (Wildman–Crippen LogP) is 3.17. The molecule has 2 N–H and O–H groups in total. The van der Waals surface area contributed by atoms with Gasteiger partial charge in [-0.2, -0.15) is 0 Å². The molecule has 1 aromatic rings. The molecule has 6 nitrogen and oxygen atoms in total. The van der Waals surface area contributed by atoms with E-state index in [0.717, 1.165) is 29.9 Å². The molecule has 0 aromatic heterocycles. The van der Waals surface area contributed by atoms with Gasteiger partial charge in [-0.25, -0.2) is 0 Å². The van der Waals surface area contributed by atoms with Crippen LogP contribution in [0, 0.1) is 0 Å². The minimum absolute atomic E-state index is 0.514. The van der Waals surface area contributed by atoms with E-state index in [2.05, 4.69) is 22.5 Å². The first-order valence-electron chi connectivity index (χ1n) is 11.3. The second kappa shape index (κ2) is 12.0. The average Bonchev–Trinajstić information content (AvgIpc) is 3.29. The normalized spacial score (nSPS) is 19.4. The van der Waals surface area contributed by atoms with Crippen LogP contribution in [0.4, 0.5) is 0 Å². The number of benzene rings is 1. The molecule has 1 saturated carbocycles. The number of nitrogens with zero attached hydrogens (tertiary/aromatic N) is 2. The number of hydrogen-bond donors (Lipinski definition) is 2. The lowest BCUT2D eigenvalue weighted by molar-refractivity contribution is 0.126. The molecule has 3 rings (SSSR count). The molecule has 1 aliphatic heterocycles. The molecule has 0 atom stereocenters. The number of likely N-dealkylation sites (tertiary alicyclic amines) is 1. The fourth-order valence-electron chi connectivity index (χ4n) is 4.42. The van der Waals surface area contributed by atoms with Gasteiger partial charge in [-0.3, -0.25) is 4.99 Å². The van der Waals surface area contributed by atoms with E-state index in [-0.39, 0.29) is 0 Å². The third kappa shape index (κ3) is 6.89. The molecule has 0 spiro atoms. The molecule has 0 amide bonds. The van der Waals surface area contributed by atoms with Gasteiger partial charge in [0.2, 0.25) is 0 Å². The van der Waals surface area contributed by atoms with Crippen LogP contribution in [-0.4, -0.2) is 62.8 Å². The van der Waals surface area contributed by atoms with Crippen molar-refractivity contribution < 1.29 is 9.47 Å². The number of ether oxygens (including phenoxy) is 2. The van der Waals surface area contributed by atoms with Crippen molar-refractivity contribution in [3.05, 3.63) is 29.8 Å². The Bertz CT molecular complexity index is 623. The average molecular weight is 403 g/mol. The summed E-state index contributed by atoms with van der Waals surface area (Å²) in [5.41, 5.74) is 1.07. The van der Waals surface area contributed by atoms with E-state index in [9.17, 15) is 0 Å². The molecule has 0 radical (unpaired) electrons. The van der Waals surface area contributed by atoms with Crippen molar-refractivity contribution in [2.24, 2.45) is 4.99 Å². The topological polar surface area (TPSA) is 58.1 Å². The fraction of sp³-hybridized carbons (Fsp3) is 0.696. The maximum Gasteiger partial charge on any atom is 0.191 e. The van der Waals surface area contributed by atoms with Crippen LogP contribution >= 0.6 is 0 Å². The molecular weight excluding hydrogens is 364 g/mol. The van der Waals surface area contributed by atoms with Crippen molar-refractivity contribution in [3.8, 4) is 5.75 Å². The molecule has 29 heavy (non-hydrogen) atoms. The highest BCUT2D eigenvalue weighted by Gasteiger charge is 2.27. The third-order valence-electron chi connectivity index (χ3n) is 6.01. The van der Waals surface area contributed by atoms with Crippen LogP contribution in [0.5, 0.6) is 5.75 Å². The summed E-state index contributed by atoms with van der Waals surface area (Å²) in [7, 11) is 1.69. The number of para-hydroxylation sites is 1. The number of hydrogen-bond acceptors (Lipinski definition) is 4. The van der Waals surface area contributed by atoms with Gasteiger partial charge in [-0.1, -0.05) is 31.0 Å². The fourth-order valence-corrected chi connectivity index (χ4v) is 4.42. The molecule has 6 heteroatoms. The van der Waals surface area contributed by atoms with Crippen molar-refractivity contribution >= 4 is 5.96 Å². The Hall–Kier alpha value is -1.79. The van der Waals surface area contributed by atoms with Crippen molar-refractivity contribution in [2.75, 3.05) is 39.9 Å². The molecule has 1 heterocycles. The maximum absolute atomic E-state index is 5.80. The molecular formula is C23H38N4O2. The highest BCUT2D eigenvalue weighted by molar-refractivity contribution is 5.80. The first kappa shape index (κ1) is 21.9. The van der Waals surface area contributed by atoms with Crippen LogP contribution in [0.1, 0.15) is 51.0 Å². The third-order valence-corrected chi connectivity index (χ3v) is 6.01. The van der Waals surface area contributed by atoms with E-state index >= 15 is 0 Å². The van der Waals surface area contributed by atoms with Gasteiger partial charge in [0.05, 0.1) is 26.9 Å². The molecule has 1 aromatic carbocycles. The molecule has 0 bridgehead atoms. The largest absolute Gasteiger partial charge is 0.496 e. The number of piperidine rings is 1. The number of aliphatic imine (C=N–C) groups is 1. The molecule has 0 unspecified atom stereocenters. The molecule has 2 fully saturated rings. The van der Waals surface area contributed by atoms with Gasteiger partial charge in [0, 0.05) is 37.3 Å². The van der Waals surface area contributed by atoms with E-state index < -0.39 is 0 Å². The predicted molar refractivity (Wildman–Crippen MR) is 119 cm³/mol. The summed E-state index contributed by atoms with van der Waals surface area (Å²) < 4.78 is 11.2. The lowest BCUT2D eigenvalue weighted by Gasteiger charge is -2.36. The SMILES string of the molecule is CCNC(=NCCOCc1ccccc1OC)NC1CCN(C2CCCC2)CC1. The van der Waals surface area contributed by atoms with Gasteiger partial charge < -0.3 is 25.0 Å². The zero-order chi connectivity index (χ0) is 20.3. The van der Waals surface area contributed by atoms with E-state index in [0.29, 0.717) is 25.8 Å². The highest BCUT2D eigenvalue weighted by Crippen LogP contribution is 2.26. The second-order valence-electron chi connectivity index (χ2n) is 8.02. The summed E-state index contributed by atoms with van der Waals surface area (Å²) in [6.07, 6.45) is 8.03. The van der Waals surface area contributed by atoms with Crippen LogP contribution < -0.4 is 15.4 Å². The number of nitrogens with one attached hydrogen (secondary N) is 2. The first-order valence-corrected chi connectivity index (χ1v) is 11.3. The van der Waals surface area contributed by atoms with E-state index in [1.54, 1.807) is 7.11 Å². The quantitative estimate of drug-likeness (QED) is 0.377. The summed E-state index contributed by atoms with van der Waals surface area (Å²) in [6, 6.07) is 9.33. The molecule has 2 aliphatic rings. The van der Waals surface area contributed by atoms with Crippen LogP contribution in [0.15, 0.2) is 29.3 Å². The van der Waals surface area contributed by atoms with E-state index in [4.69, 9.17) is 14.5 Å². The summed E-state index contributed by atoms with van der Waals surface area (Å²) in [4.78, 5) is 7.41. The van der Waals surface area contributed by atoms with Gasteiger partial charge >= 0.3 is 0 Å². The number of methoxy groups -OCH3 is 1. The monoisotopic (exact) mass is 402 g/mol. The minimum Gasteiger partial charge on any atom is -0.496 e. The Labute approximate surface area is 176 Å². The summed E-state index contributed by atoms with van der Waals surface area (Å²) in [6.45, 7) is 7.18. The van der Waals surface area contributed by atoms with Crippen LogP contribution in [0.25, 0.3) is 0 Å². The summed E-state index contributed by atoms with van der Waals surface area (Å²) >= 11 is 0. The minimum atomic E-state index is 0.514. The number of guanidine groups is 1. The lowest BCUT2D eigenvalue weighted by atomic mass is 10.0. The van der Waals surface area contributed by atoms with Gasteiger partial charge in [0.25, 0.3) is 0 Å². The van der Waals surface area contributed by atoms with Crippen molar-refractivity contribution in [1.82, 2.24) is 15.5 Å². The smallest absolute Gasteiger partial charge is 0.191 e. The van der Waals surface area contributed by atoms with Crippen LogP contribution in [-0.2, 0) is 11.3 Å². The molecule has 1 aliphatic carbocycles. The van der Waals surface area contributed by atoms with E-state index in [1.807, 2.05) is 24.3 Å². The number of rotatable bonds is 9. The van der Waals surface area contributed by atoms with Crippen molar-refractivity contribution in [3.63, 3.8) is 0 Å². The lowest BCUT2D eigenvalue weighted by Crippen LogP contribution is -2.50. The highest BCUT2D eigenvalue weighted by atomic mass is 16.5. The van der Waals surface area contributed by atoms with Gasteiger partial charge in [-0.05, 0) is 38.7 Å². The van der Waals surface area contributed by atoms with Crippen molar-refractivity contribution in [1.29, 1.82) is 0 Å². The zero-order valence-corrected chi connectivity index (χ0v) is 18.2. The summed E-state index contributed by atoms with van der Waals surface area (Å²) in [5, 5.41) is 7.00. The van der Waals surface area contributed by atoms with Gasteiger partial charge in [-0.15, -0.1) is 0 Å². The van der Waals surface area contributed by atoms with Crippen molar-refractivity contribution in [2.45, 2.75) is 64.1 Å². The van der Waals surface area contributed by atoms with E-state index in [1.165, 1.54) is 51.6 Å². The maximum atomic E-state index is 5.80. The summed E-state index contributed by atoms with van der Waals surface area (Å²) in [5.74, 6) is 1.78. The Kier molecular flexibility index (Phi) is 9.09. The molecule has 162 valence electrons. The Morgan fingerprint density at radius 1 is 1.14 bits per heavy atom. The van der Waals surface area contributed by atoms with Crippen LogP contribution in [0.3, 0.4) is 0 Å². The Morgan fingerprint density at radius 2 is 1.90 bits per heavy atom. The van der Waals surface area contributed by atoms with Gasteiger partial charge in [0.1, 0.15) is 5.75 Å². The standard InChI is InChI=1S/C23H38N4O2/c1-3-24-23(25-14-17-29-18-19-8-4-7-11-22(19)28-2)26-20-12-15-27(16-13-20)21-9-5-6-10-21/h4,7-8,11,20-21H,3,5-6,9-10,12-18H2,1-2H3,(H2,24,25,26). The second-order valence-corrected chi connectivity index (χ2v) is 8.02. The zero-order valence-electron chi connectivity index (χ0n) is 18.2. The Morgan fingerprint density at radius 3 is 2.62 bits per heavy atom. The first-order chi connectivity index (χ1) is 14.3.